The second-order valence-corrected chi connectivity index (χ2v) is 8.38. The van der Waals surface area contributed by atoms with Crippen LogP contribution in [0.1, 0.15) is 29.2 Å². The predicted molar refractivity (Wildman–Crippen MR) is 110 cm³/mol. The summed E-state index contributed by atoms with van der Waals surface area (Å²) in [5.41, 5.74) is 7.75. The van der Waals surface area contributed by atoms with Crippen LogP contribution in [0.2, 0.25) is 0 Å². The largest absolute Gasteiger partial charge is 0.254 e. The lowest BCUT2D eigenvalue weighted by atomic mass is 10.1. The molecule has 24 heavy (non-hydrogen) atoms. The molecule has 4 heteroatoms. The second kappa shape index (κ2) is 6.64. The van der Waals surface area contributed by atoms with E-state index in [-0.39, 0.29) is 0 Å². The molecule has 0 bridgehead atoms. The van der Waals surface area contributed by atoms with Crippen molar-refractivity contribution >= 4 is 49.1 Å². The Labute approximate surface area is 161 Å². The number of benzene rings is 2. The van der Waals surface area contributed by atoms with Crippen LogP contribution in [0.5, 0.6) is 0 Å². The predicted octanol–water partition coefficient (Wildman–Crippen LogP) is 6.03. The van der Waals surface area contributed by atoms with Gasteiger partial charge in [-0.25, -0.2) is 9.48 Å². The average molecular weight is 451 g/mol. The fraction of sp³-hybridized carbons (Fsp3) is 0.350. The molecule has 0 saturated carbocycles. The summed E-state index contributed by atoms with van der Waals surface area (Å²) in [4.78, 5) is 2.42. The van der Waals surface area contributed by atoms with E-state index in [2.05, 4.69) is 100 Å². The highest BCUT2D eigenvalue weighted by Crippen LogP contribution is 2.36. The van der Waals surface area contributed by atoms with Crippen LogP contribution < -0.4 is 4.90 Å². The van der Waals surface area contributed by atoms with Crippen LogP contribution in [0.25, 0.3) is 0 Å². The van der Waals surface area contributed by atoms with Crippen molar-refractivity contribution in [3.05, 3.63) is 55.5 Å². The van der Waals surface area contributed by atoms with Crippen molar-refractivity contribution in [1.82, 2.24) is 0 Å². The molecule has 0 saturated heterocycles. The summed E-state index contributed by atoms with van der Waals surface area (Å²) in [5.74, 6) is 1.27. The molecule has 0 spiro atoms. The molecule has 1 heterocycles. The molecule has 3 rings (SSSR count). The topological polar surface area (TPSA) is 6.25 Å². The van der Waals surface area contributed by atoms with Gasteiger partial charge in [-0.3, -0.25) is 0 Å². The smallest absolute Gasteiger partial charge is 0.226 e. The van der Waals surface area contributed by atoms with E-state index >= 15 is 0 Å². The summed E-state index contributed by atoms with van der Waals surface area (Å²) in [6, 6.07) is 8.91. The Balaban J connectivity index is 2.12. The van der Waals surface area contributed by atoms with Gasteiger partial charge in [-0.15, -0.1) is 0 Å². The minimum atomic E-state index is 0.994. The van der Waals surface area contributed by atoms with E-state index in [1.165, 1.54) is 48.4 Å². The van der Waals surface area contributed by atoms with Crippen LogP contribution in [-0.4, -0.2) is 23.5 Å². The van der Waals surface area contributed by atoms with E-state index in [1.807, 2.05) is 0 Å². The van der Waals surface area contributed by atoms with Crippen molar-refractivity contribution in [3.8, 4) is 0 Å². The number of amidine groups is 1. The van der Waals surface area contributed by atoms with E-state index < -0.39 is 0 Å². The number of anilines is 1. The summed E-state index contributed by atoms with van der Waals surface area (Å²) in [7, 11) is 0. The number of aryl methyl sites for hydroxylation is 4. The quantitative estimate of drug-likeness (QED) is 0.506. The Bertz CT molecular complexity index is 807. The molecule has 2 aromatic carbocycles. The molecular weight excluding hydrogens is 428 g/mol. The molecule has 126 valence electrons. The van der Waals surface area contributed by atoms with Gasteiger partial charge in [0.2, 0.25) is 0 Å². The molecule has 0 aliphatic carbocycles. The third-order valence-corrected chi connectivity index (χ3v) is 5.87. The van der Waals surface area contributed by atoms with Gasteiger partial charge in [0.05, 0.1) is 8.95 Å². The zero-order chi connectivity index (χ0) is 17.6. The maximum Gasteiger partial charge on any atom is 0.254 e. The maximum absolute atomic E-state index is 3.77. The van der Waals surface area contributed by atoms with Crippen LogP contribution in [0, 0.1) is 27.7 Å². The monoisotopic (exact) mass is 449 g/mol. The van der Waals surface area contributed by atoms with Gasteiger partial charge < -0.3 is 0 Å². The van der Waals surface area contributed by atoms with Gasteiger partial charge >= 0.3 is 0 Å². The van der Waals surface area contributed by atoms with E-state index in [0.29, 0.717) is 0 Å². The molecule has 0 aromatic heterocycles. The van der Waals surface area contributed by atoms with Gasteiger partial charge in [-0.05, 0) is 93.9 Å². The van der Waals surface area contributed by atoms with Gasteiger partial charge in [0.15, 0.2) is 0 Å². The van der Waals surface area contributed by atoms with Gasteiger partial charge in [-0.1, -0.05) is 12.1 Å². The molecule has 0 amide bonds. The van der Waals surface area contributed by atoms with Gasteiger partial charge in [0.1, 0.15) is 24.5 Å². The Hall–Kier alpha value is -1.13. The standard InChI is InChI=1S/C20H23Br2N2/c1-12-8-14(3)19(17(21)10-12)23-6-7-24(16(23)5)20-15(4)9-13(2)11-18(20)22/h8-11H,6-7H2,1-5H3/q+1. The first-order valence-corrected chi connectivity index (χ1v) is 9.80. The van der Waals surface area contributed by atoms with E-state index in [1.54, 1.807) is 0 Å². The lowest BCUT2D eigenvalue weighted by molar-refractivity contribution is -0.430. The third kappa shape index (κ3) is 3.06. The number of nitrogens with zero attached hydrogens (tertiary/aromatic N) is 2. The van der Waals surface area contributed by atoms with Crippen molar-refractivity contribution in [3.63, 3.8) is 0 Å². The molecule has 0 N–H and O–H groups in total. The molecule has 0 atom stereocenters. The lowest BCUT2D eigenvalue weighted by Crippen LogP contribution is -2.27. The van der Waals surface area contributed by atoms with Crippen LogP contribution >= 0.6 is 31.9 Å². The van der Waals surface area contributed by atoms with Crippen molar-refractivity contribution in [2.45, 2.75) is 34.6 Å². The summed E-state index contributed by atoms with van der Waals surface area (Å²) in [6.07, 6.45) is 0. The molecule has 2 nitrogen and oxygen atoms in total. The third-order valence-electron chi connectivity index (χ3n) is 4.66. The van der Waals surface area contributed by atoms with Gasteiger partial charge in [0, 0.05) is 6.92 Å². The van der Waals surface area contributed by atoms with Crippen molar-refractivity contribution in [2.24, 2.45) is 0 Å². The average Bonchev–Trinajstić information content (AvgIpc) is 2.79. The van der Waals surface area contributed by atoms with Gasteiger partial charge in [0.25, 0.3) is 5.84 Å². The summed E-state index contributed by atoms with van der Waals surface area (Å²) in [5, 5.41) is 0. The number of hydrogen-bond acceptors (Lipinski definition) is 1. The zero-order valence-corrected chi connectivity index (χ0v) is 18.0. The van der Waals surface area contributed by atoms with Crippen LogP contribution in [0.15, 0.2) is 33.2 Å². The lowest BCUT2D eigenvalue weighted by Gasteiger charge is -2.16. The first kappa shape index (κ1) is 17.7. The van der Waals surface area contributed by atoms with Crippen molar-refractivity contribution < 1.29 is 4.58 Å². The minimum absolute atomic E-state index is 0.994. The van der Waals surface area contributed by atoms with Crippen LogP contribution in [-0.2, 0) is 0 Å². The summed E-state index contributed by atoms with van der Waals surface area (Å²) in [6.45, 7) is 12.9. The fourth-order valence-corrected chi connectivity index (χ4v) is 5.49. The van der Waals surface area contributed by atoms with Crippen LogP contribution in [0.4, 0.5) is 11.4 Å². The number of hydrogen-bond donors (Lipinski definition) is 0. The highest BCUT2D eigenvalue weighted by molar-refractivity contribution is 9.11. The number of rotatable bonds is 2. The molecule has 0 fully saturated rings. The Morgan fingerprint density at radius 1 is 0.833 bits per heavy atom. The molecule has 2 aromatic rings. The van der Waals surface area contributed by atoms with Crippen molar-refractivity contribution in [1.29, 1.82) is 0 Å². The fourth-order valence-electron chi connectivity index (χ4n) is 3.72. The molecular formula is C20H23Br2N2+. The highest BCUT2D eigenvalue weighted by atomic mass is 79.9. The first-order valence-electron chi connectivity index (χ1n) is 8.21. The second-order valence-electron chi connectivity index (χ2n) is 6.67. The number of halogens is 2. The Morgan fingerprint density at radius 2 is 1.42 bits per heavy atom. The summed E-state index contributed by atoms with van der Waals surface area (Å²) >= 11 is 7.53. The SMILES string of the molecule is CC1=[N+](c2c(C)cc(C)cc2Br)CCN1c1c(C)cc(C)cc1Br. The van der Waals surface area contributed by atoms with E-state index in [9.17, 15) is 0 Å². The Morgan fingerprint density at radius 3 is 2.00 bits per heavy atom. The molecule has 0 unspecified atom stereocenters. The first-order chi connectivity index (χ1) is 11.3. The maximum atomic E-state index is 3.77. The Kier molecular flexibility index (Phi) is 4.89. The molecule has 0 radical (unpaired) electrons. The normalized spacial score (nSPS) is 14.7. The van der Waals surface area contributed by atoms with Gasteiger partial charge in [-0.2, -0.15) is 0 Å². The zero-order valence-electron chi connectivity index (χ0n) is 14.9. The highest BCUT2D eigenvalue weighted by Gasteiger charge is 2.33. The minimum Gasteiger partial charge on any atom is -0.226 e. The van der Waals surface area contributed by atoms with Crippen molar-refractivity contribution in [2.75, 3.05) is 18.0 Å². The molecule has 1 aliphatic heterocycles. The summed E-state index contributed by atoms with van der Waals surface area (Å²) < 4.78 is 4.76. The van der Waals surface area contributed by atoms with E-state index in [4.69, 9.17) is 0 Å². The molecule has 1 aliphatic rings. The van der Waals surface area contributed by atoms with E-state index in [0.717, 1.165) is 13.1 Å². The van der Waals surface area contributed by atoms with Crippen LogP contribution in [0.3, 0.4) is 0 Å².